The van der Waals surface area contributed by atoms with Crippen molar-refractivity contribution in [3.8, 4) is 5.75 Å². The zero-order valence-electron chi connectivity index (χ0n) is 16.3. The molecule has 1 N–H and O–H groups in total. The molecule has 1 saturated heterocycles. The van der Waals surface area contributed by atoms with E-state index < -0.39 is 11.9 Å². The molecule has 0 aromatic heterocycles. The Labute approximate surface area is 169 Å². The molecule has 152 valence electrons. The van der Waals surface area contributed by atoms with Crippen molar-refractivity contribution in [3.05, 3.63) is 60.2 Å². The van der Waals surface area contributed by atoms with Crippen LogP contribution in [0.15, 0.2) is 54.6 Å². The lowest BCUT2D eigenvalue weighted by molar-refractivity contribution is -0.152. The highest BCUT2D eigenvalue weighted by Gasteiger charge is 2.36. The van der Waals surface area contributed by atoms with Crippen LogP contribution in [0.3, 0.4) is 0 Å². The fraction of sp³-hybridized carbons (Fsp3) is 0.318. The zero-order valence-corrected chi connectivity index (χ0v) is 16.3. The lowest BCUT2D eigenvalue weighted by atomic mass is 10.1. The summed E-state index contributed by atoms with van der Waals surface area (Å²) in [6, 6.07) is 16.6. The third-order valence-corrected chi connectivity index (χ3v) is 4.60. The average Bonchev–Trinajstić information content (AvgIpc) is 3.14. The number of carbonyl (C=O) groups is 3. The van der Waals surface area contributed by atoms with Crippen molar-refractivity contribution in [2.45, 2.75) is 19.9 Å². The van der Waals surface area contributed by atoms with Crippen LogP contribution in [0, 0.1) is 5.92 Å². The number of hydrogen-bond donors (Lipinski definition) is 1. The molecular formula is C22H24N2O5. The quantitative estimate of drug-likeness (QED) is 0.692. The molecule has 2 aromatic carbocycles. The third kappa shape index (κ3) is 5.57. The van der Waals surface area contributed by atoms with Gasteiger partial charge < -0.3 is 19.7 Å². The molecule has 0 bridgehead atoms. The molecule has 2 amide bonds. The highest BCUT2D eigenvalue weighted by Crippen LogP contribution is 2.27. The Morgan fingerprint density at radius 2 is 1.83 bits per heavy atom. The molecule has 29 heavy (non-hydrogen) atoms. The van der Waals surface area contributed by atoms with Crippen LogP contribution in [0.1, 0.15) is 18.9 Å². The van der Waals surface area contributed by atoms with E-state index >= 15 is 0 Å². The molecule has 1 aliphatic heterocycles. The molecule has 1 aliphatic rings. The van der Waals surface area contributed by atoms with Crippen molar-refractivity contribution in [2.75, 3.05) is 24.7 Å². The standard InChI is InChI=1S/C22H24N2O5/c1-2-28-19-10-8-18(9-11-19)24-14-17(12-21(24)26)22(27)29-15-20(25)23-13-16-6-4-3-5-7-16/h3-11,17H,2,12-15H2,1H3,(H,23,25)/t17-/m0/s1. The van der Waals surface area contributed by atoms with Crippen molar-refractivity contribution in [1.82, 2.24) is 5.32 Å². The number of ether oxygens (including phenoxy) is 2. The minimum absolute atomic E-state index is 0.0671. The first-order chi connectivity index (χ1) is 14.1. The maximum Gasteiger partial charge on any atom is 0.311 e. The van der Waals surface area contributed by atoms with Gasteiger partial charge in [-0.1, -0.05) is 30.3 Å². The van der Waals surface area contributed by atoms with Crippen molar-refractivity contribution < 1.29 is 23.9 Å². The molecule has 1 atom stereocenters. The van der Waals surface area contributed by atoms with Gasteiger partial charge in [-0.2, -0.15) is 0 Å². The van der Waals surface area contributed by atoms with E-state index in [0.717, 1.165) is 11.3 Å². The molecule has 3 rings (SSSR count). The van der Waals surface area contributed by atoms with Crippen molar-refractivity contribution in [1.29, 1.82) is 0 Å². The van der Waals surface area contributed by atoms with E-state index in [1.165, 1.54) is 0 Å². The number of carbonyl (C=O) groups excluding carboxylic acids is 3. The Morgan fingerprint density at radius 3 is 2.52 bits per heavy atom. The van der Waals surface area contributed by atoms with E-state index in [1.807, 2.05) is 37.3 Å². The second kappa shape index (κ2) is 9.73. The summed E-state index contributed by atoms with van der Waals surface area (Å²) in [7, 11) is 0. The van der Waals surface area contributed by atoms with Gasteiger partial charge in [0.2, 0.25) is 5.91 Å². The third-order valence-electron chi connectivity index (χ3n) is 4.60. The predicted octanol–water partition coefficient (Wildman–Crippen LogP) is 2.30. The number of nitrogens with zero attached hydrogens (tertiary/aromatic N) is 1. The van der Waals surface area contributed by atoms with Crippen LogP contribution in [0.2, 0.25) is 0 Å². The van der Waals surface area contributed by atoms with E-state index in [2.05, 4.69) is 5.32 Å². The molecule has 0 spiro atoms. The topological polar surface area (TPSA) is 84.9 Å². The fourth-order valence-corrected chi connectivity index (χ4v) is 3.11. The summed E-state index contributed by atoms with van der Waals surface area (Å²) in [5.41, 5.74) is 1.66. The first-order valence-corrected chi connectivity index (χ1v) is 9.57. The number of amides is 2. The predicted molar refractivity (Wildman–Crippen MR) is 107 cm³/mol. The lowest BCUT2D eigenvalue weighted by Crippen LogP contribution is -2.31. The Kier molecular flexibility index (Phi) is 6.84. The number of rotatable bonds is 8. The van der Waals surface area contributed by atoms with E-state index in [0.29, 0.717) is 18.8 Å². The van der Waals surface area contributed by atoms with Gasteiger partial charge in [0.15, 0.2) is 6.61 Å². The molecule has 7 nitrogen and oxygen atoms in total. The van der Waals surface area contributed by atoms with Gasteiger partial charge in [0, 0.05) is 25.2 Å². The summed E-state index contributed by atoms with van der Waals surface area (Å²) in [5.74, 6) is -0.933. The normalized spacial score (nSPS) is 15.8. The first-order valence-electron chi connectivity index (χ1n) is 9.57. The van der Waals surface area contributed by atoms with Crippen LogP contribution >= 0.6 is 0 Å². The number of esters is 1. The Morgan fingerprint density at radius 1 is 1.10 bits per heavy atom. The van der Waals surface area contributed by atoms with Crippen LogP contribution in [-0.4, -0.2) is 37.5 Å². The van der Waals surface area contributed by atoms with Gasteiger partial charge in [0.1, 0.15) is 5.75 Å². The number of anilines is 1. The van der Waals surface area contributed by atoms with Gasteiger partial charge in [-0.15, -0.1) is 0 Å². The van der Waals surface area contributed by atoms with Crippen LogP contribution in [-0.2, 0) is 25.7 Å². The molecular weight excluding hydrogens is 372 g/mol. The summed E-state index contributed by atoms with van der Waals surface area (Å²) >= 11 is 0. The summed E-state index contributed by atoms with van der Waals surface area (Å²) in [5, 5.41) is 2.70. The average molecular weight is 396 g/mol. The molecule has 7 heteroatoms. The van der Waals surface area contributed by atoms with E-state index in [-0.39, 0.29) is 31.4 Å². The first kappa shape index (κ1) is 20.4. The van der Waals surface area contributed by atoms with Gasteiger partial charge in [0.05, 0.1) is 12.5 Å². The summed E-state index contributed by atoms with van der Waals surface area (Å²) in [6.45, 7) is 2.70. The van der Waals surface area contributed by atoms with Gasteiger partial charge in [-0.05, 0) is 36.8 Å². The smallest absolute Gasteiger partial charge is 0.311 e. The Balaban J connectivity index is 1.46. The van der Waals surface area contributed by atoms with Crippen molar-refractivity contribution >= 4 is 23.5 Å². The van der Waals surface area contributed by atoms with Gasteiger partial charge >= 0.3 is 5.97 Å². The summed E-state index contributed by atoms with van der Waals surface area (Å²) < 4.78 is 10.5. The Hall–Kier alpha value is -3.35. The fourth-order valence-electron chi connectivity index (χ4n) is 3.11. The monoisotopic (exact) mass is 396 g/mol. The second-order valence-electron chi connectivity index (χ2n) is 6.70. The molecule has 0 aliphatic carbocycles. The highest BCUT2D eigenvalue weighted by molar-refractivity contribution is 5.99. The second-order valence-corrected chi connectivity index (χ2v) is 6.70. The van der Waals surface area contributed by atoms with Crippen molar-refractivity contribution in [2.24, 2.45) is 5.92 Å². The molecule has 0 unspecified atom stereocenters. The maximum atomic E-state index is 12.3. The lowest BCUT2D eigenvalue weighted by Gasteiger charge is -2.17. The van der Waals surface area contributed by atoms with E-state index in [9.17, 15) is 14.4 Å². The number of benzene rings is 2. The SMILES string of the molecule is CCOc1ccc(N2C[C@@H](C(=O)OCC(=O)NCc3ccccc3)CC2=O)cc1. The molecule has 1 fully saturated rings. The molecule has 0 radical (unpaired) electrons. The van der Waals surface area contributed by atoms with Gasteiger partial charge in [-0.3, -0.25) is 14.4 Å². The molecule has 2 aromatic rings. The van der Waals surface area contributed by atoms with Gasteiger partial charge in [0.25, 0.3) is 5.91 Å². The Bertz CT molecular complexity index is 851. The van der Waals surface area contributed by atoms with Crippen LogP contribution in [0.4, 0.5) is 5.69 Å². The van der Waals surface area contributed by atoms with Gasteiger partial charge in [-0.25, -0.2) is 0 Å². The number of hydrogen-bond acceptors (Lipinski definition) is 5. The summed E-state index contributed by atoms with van der Waals surface area (Å²) in [4.78, 5) is 38.0. The molecule has 1 heterocycles. The largest absolute Gasteiger partial charge is 0.494 e. The van der Waals surface area contributed by atoms with Crippen LogP contribution in [0.5, 0.6) is 5.75 Å². The van der Waals surface area contributed by atoms with Crippen LogP contribution < -0.4 is 15.0 Å². The molecule has 0 saturated carbocycles. The van der Waals surface area contributed by atoms with E-state index in [4.69, 9.17) is 9.47 Å². The summed E-state index contributed by atoms with van der Waals surface area (Å²) in [6.07, 6.45) is 0.0671. The zero-order chi connectivity index (χ0) is 20.6. The maximum absolute atomic E-state index is 12.3. The van der Waals surface area contributed by atoms with E-state index in [1.54, 1.807) is 29.2 Å². The minimum Gasteiger partial charge on any atom is -0.494 e. The van der Waals surface area contributed by atoms with Crippen molar-refractivity contribution in [3.63, 3.8) is 0 Å². The number of nitrogens with one attached hydrogen (secondary N) is 1. The highest BCUT2D eigenvalue weighted by atomic mass is 16.5. The minimum atomic E-state index is -0.587. The van der Waals surface area contributed by atoms with Crippen LogP contribution in [0.25, 0.3) is 0 Å².